The van der Waals surface area contributed by atoms with E-state index in [0.29, 0.717) is 90.9 Å². The molecule has 0 spiro atoms. The molecule has 632 valence electrons. The van der Waals surface area contributed by atoms with E-state index in [9.17, 15) is 19.2 Å². The highest BCUT2D eigenvalue weighted by Crippen LogP contribution is 2.62. The molecule has 0 atom stereocenters. The van der Waals surface area contributed by atoms with Crippen molar-refractivity contribution in [2.45, 2.75) is 272 Å². The first-order valence-corrected chi connectivity index (χ1v) is 44.2. The zero-order chi connectivity index (χ0) is 79.3. The minimum absolute atomic E-state index is 0.0833. The molecular weight excluding hydrogens is 1560 g/mol. The third kappa shape index (κ3) is 67.6. The monoisotopic (exact) mass is 1710 g/mol. The maximum Gasteiger partial charge on any atom is 0.519 e. The summed E-state index contributed by atoms with van der Waals surface area (Å²) in [6.45, 7) is 26.9. The predicted molar refractivity (Wildman–Crippen MR) is 440 cm³/mol. The number of nitrogens with two attached hydrogens (primary N) is 2. The van der Waals surface area contributed by atoms with Gasteiger partial charge in [-0.05, 0) is 234 Å². The summed E-state index contributed by atoms with van der Waals surface area (Å²) in [5.41, 5.74) is 9.49. The van der Waals surface area contributed by atoms with Crippen molar-refractivity contribution in [1.82, 2.24) is 5.32 Å². The average Bonchev–Trinajstić information content (AvgIpc) is 0.760. The number of ether oxygens (including phenoxy) is 11. The number of halogens is 5. The zero-order valence-corrected chi connectivity index (χ0v) is 72.7. The summed E-state index contributed by atoms with van der Waals surface area (Å²) in [6, 6.07) is 0. The van der Waals surface area contributed by atoms with E-state index in [-0.39, 0.29) is 24.5 Å². The molecule has 21 nitrogen and oxygen atoms in total. The number of hydrogen-bond acceptors (Lipinski definition) is 19. The molecule has 0 aromatic rings. The second kappa shape index (κ2) is 73.0. The number of unbranched alkanes of at least 4 members (excludes halogenated alkanes) is 12. The van der Waals surface area contributed by atoms with Crippen molar-refractivity contribution in [2.75, 3.05) is 167 Å². The lowest BCUT2D eigenvalue weighted by Gasteiger charge is -2.56. The van der Waals surface area contributed by atoms with Gasteiger partial charge in [0.15, 0.2) is 0 Å². The molecule has 8 saturated carbocycles. The molecule has 0 saturated heterocycles. The first kappa shape index (κ1) is 107. The summed E-state index contributed by atoms with van der Waals surface area (Å²) in [5.74, 6) is 8.16. The highest BCUT2D eigenvalue weighted by molar-refractivity contribution is 14.1. The highest BCUT2D eigenvalue weighted by Gasteiger charge is 2.52. The number of hydrogen-bond donors (Lipinski definition) is 6. The quantitative estimate of drug-likeness (QED) is 0.0108. The van der Waals surface area contributed by atoms with Crippen LogP contribution in [0.5, 0.6) is 0 Å². The molecule has 0 radical (unpaired) electrons. The summed E-state index contributed by atoms with van der Waals surface area (Å²) in [6.07, 6.45) is 36.4. The lowest BCUT2D eigenvalue weighted by Crippen LogP contribution is -2.48. The molecule has 8 aliphatic carbocycles. The van der Waals surface area contributed by atoms with Crippen LogP contribution in [0.15, 0.2) is 0 Å². The Bertz CT molecular complexity index is 1840. The minimum atomic E-state index is -1.06. The van der Waals surface area contributed by atoms with Gasteiger partial charge in [-0.3, -0.25) is 9.59 Å². The van der Waals surface area contributed by atoms with Crippen LogP contribution in [0.25, 0.3) is 0 Å². The van der Waals surface area contributed by atoms with Gasteiger partial charge in [0.05, 0.1) is 92.3 Å². The van der Waals surface area contributed by atoms with Crippen molar-refractivity contribution in [1.29, 1.82) is 0 Å². The van der Waals surface area contributed by atoms with Crippen LogP contribution in [-0.2, 0) is 61.7 Å². The number of carboxylic acid groups (broad SMARTS) is 1. The van der Waals surface area contributed by atoms with E-state index in [1.54, 1.807) is 41.5 Å². The predicted octanol–water partition coefficient (Wildman–Crippen LogP) is 17.7. The van der Waals surface area contributed by atoms with E-state index < -0.39 is 29.5 Å². The molecule has 8 bridgehead atoms. The molecule has 8 fully saturated rings. The normalized spacial score (nSPS) is 21.0. The standard InChI is InChI=1S/C22H38ClNO3.C12H18O2.C11H23ClO2.C10H22ClNO2.C10H18O5.C6H12ClI.C5H12O2.C4H11NO2/c23-5-3-1-2-4-7-26-9-10-27-8-6-24-21(25)17-22-14-18-11-19(15-22)13-20(12-18)16-22;13-11(14)7-12-4-8-1-9(5-12)3-10(2-8)6-12;1-2-8-13-10-11-14-9-6-4-3-5-7-12;11-5-3-1-2-4-7-13-9-10-14-8-6-12;1-9(2,3)14-7(11)13-8(12)15-10(4,5)6;7-5-3-1-2-4-6-8;1-2-4-7-5-3-6;5-1-3-7-4-2-6/h18-20H,1-17H2,(H,24,25);8-10H,1-7H2,(H,13,14);2-11H2,1H3;1-10,12H2;1-6H3;1-6H2;6H,2-5H2,1H3;6H,1-5H2. The molecule has 0 unspecified atom stereocenters. The summed E-state index contributed by atoms with van der Waals surface area (Å²) < 4.78 is 57.1. The number of aliphatic carboxylic acids is 1. The van der Waals surface area contributed by atoms with Crippen LogP contribution in [0.3, 0.4) is 0 Å². The Morgan fingerprint density at radius 3 is 0.981 bits per heavy atom. The minimum Gasteiger partial charge on any atom is -0.481 e. The number of rotatable bonds is 51. The fourth-order valence-corrected chi connectivity index (χ4v) is 16.2. The first-order valence-electron chi connectivity index (χ1n) is 40.6. The highest BCUT2D eigenvalue weighted by atomic mass is 127. The Labute approximate surface area is 677 Å². The molecule has 1 amide bonds. The van der Waals surface area contributed by atoms with Gasteiger partial charge in [-0.15, -0.1) is 46.4 Å². The molecule has 0 aliphatic heterocycles. The van der Waals surface area contributed by atoms with Gasteiger partial charge in [-0.1, -0.05) is 87.8 Å². The topological polar surface area (TPSA) is 295 Å². The van der Waals surface area contributed by atoms with E-state index in [2.05, 4.69) is 39.6 Å². The van der Waals surface area contributed by atoms with Crippen molar-refractivity contribution in [3.05, 3.63) is 0 Å². The van der Waals surface area contributed by atoms with Crippen LogP contribution < -0.4 is 16.8 Å². The Kier molecular flexibility index (Phi) is 73.8. The molecular formula is C80H154Cl4IN3O18. The summed E-state index contributed by atoms with van der Waals surface area (Å²) in [4.78, 5) is 45.3. The van der Waals surface area contributed by atoms with E-state index in [1.807, 2.05) is 6.92 Å². The number of carboxylic acids is 1. The van der Waals surface area contributed by atoms with E-state index >= 15 is 0 Å². The van der Waals surface area contributed by atoms with E-state index in [1.165, 1.54) is 146 Å². The smallest absolute Gasteiger partial charge is 0.481 e. The van der Waals surface area contributed by atoms with Crippen molar-refractivity contribution in [2.24, 2.45) is 57.8 Å². The van der Waals surface area contributed by atoms with Crippen LogP contribution in [0.4, 0.5) is 9.59 Å². The molecule has 8 rings (SSSR count). The number of alkyl halides is 5. The Morgan fingerprint density at radius 2 is 0.689 bits per heavy atom. The number of carbonyl (C=O) groups excluding carboxylic acids is 3. The van der Waals surface area contributed by atoms with Gasteiger partial charge in [-0.2, -0.15) is 0 Å². The maximum atomic E-state index is 12.4. The van der Waals surface area contributed by atoms with Gasteiger partial charge in [-0.25, -0.2) is 9.59 Å². The molecule has 0 aromatic carbocycles. The second-order valence-corrected chi connectivity index (χ2v) is 33.6. The van der Waals surface area contributed by atoms with Gasteiger partial charge in [0.2, 0.25) is 5.91 Å². The third-order valence-electron chi connectivity index (χ3n) is 18.2. The average molecular weight is 1710 g/mol. The summed E-state index contributed by atoms with van der Waals surface area (Å²) in [7, 11) is 0. The van der Waals surface area contributed by atoms with E-state index in [4.69, 9.17) is 121 Å². The molecule has 8 N–H and O–H groups in total. The van der Waals surface area contributed by atoms with Crippen molar-refractivity contribution in [3.8, 4) is 0 Å². The molecule has 0 heterocycles. The number of aliphatic hydroxyl groups excluding tert-OH is 2. The molecule has 0 aromatic heterocycles. The molecule has 8 aliphatic rings. The Balaban J connectivity index is 0. The van der Waals surface area contributed by atoms with E-state index in [0.717, 1.165) is 163 Å². The summed E-state index contributed by atoms with van der Waals surface area (Å²) >= 11 is 24.7. The van der Waals surface area contributed by atoms with Crippen molar-refractivity contribution >= 4 is 93.2 Å². The van der Waals surface area contributed by atoms with Gasteiger partial charge < -0.3 is 84.2 Å². The summed E-state index contributed by atoms with van der Waals surface area (Å²) in [5, 5.41) is 28.3. The molecule has 26 heteroatoms. The van der Waals surface area contributed by atoms with Crippen LogP contribution in [0.2, 0.25) is 0 Å². The largest absolute Gasteiger partial charge is 0.519 e. The van der Waals surface area contributed by atoms with Crippen LogP contribution >= 0.6 is 69.0 Å². The number of carbonyl (C=O) groups is 4. The van der Waals surface area contributed by atoms with Gasteiger partial charge in [0, 0.05) is 82.6 Å². The number of aliphatic hydroxyl groups is 2. The van der Waals surface area contributed by atoms with Crippen LogP contribution in [-0.4, -0.2) is 217 Å². The zero-order valence-electron chi connectivity index (χ0n) is 67.5. The fraction of sp³-hybridized carbons (Fsp3) is 0.950. The fourth-order valence-electron chi connectivity index (χ4n) is 14.9. The van der Waals surface area contributed by atoms with Crippen LogP contribution in [0.1, 0.15) is 261 Å². The first-order chi connectivity index (χ1) is 50.9. The maximum absolute atomic E-state index is 12.4. The Morgan fingerprint density at radius 1 is 0.406 bits per heavy atom. The lowest BCUT2D eigenvalue weighted by molar-refractivity contribution is -0.145. The van der Waals surface area contributed by atoms with Crippen molar-refractivity contribution < 1.29 is 86.6 Å². The van der Waals surface area contributed by atoms with Crippen molar-refractivity contribution in [3.63, 3.8) is 0 Å². The lowest BCUT2D eigenvalue weighted by atomic mass is 9.49. The SMILES string of the molecule is CC(C)(C)OC(=O)OC(=O)OC(C)(C)C.CCCOCCO.CCCOCCOCCCCCCCl.ClCCCCCCI.NCCOCCO.NCCOCCOCCCCCCCl.O=C(CC12CC3CC(CC(C3)C1)C2)NCCOCCOCCCCCCCl.O=C(O)CC12CC3CC(CC(C3)C1)C2. The van der Waals surface area contributed by atoms with Gasteiger partial charge >= 0.3 is 18.3 Å². The molecule has 106 heavy (non-hydrogen) atoms. The van der Waals surface area contributed by atoms with Gasteiger partial charge in [0.1, 0.15) is 11.2 Å². The number of amides is 1. The Hall–Kier alpha value is -0.910. The third-order valence-corrected chi connectivity index (χ3v) is 20.1. The van der Waals surface area contributed by atoms with Crippen LogP contribution in [0, 0.1) is 46.3 Å². The van der Waals surface area contributed by atoms with Gasteiger partial charge in [0.25, 0.3) is 0 Å². The number of nitrogens with one attached hydrogen (secondary N) is 1. The second-order valence-electron chi connectivity index (χ2n) is 31.0.